The molecule has 1 aliphatic carbocycles. The van der Waals surface area contributed by atoms with Gasteiger partial charge in [0.05, 0.1) is 0 Å². The van der Waals surface area contributed by atoms with Crippen LogP contribution in [0.5, 0.6) is 5.75 Å². The van der Waals surface area contributed by atoms with Gasteiger partial charge in [-0.05, 0) is 74.1 Å². The van der Waals surface area contributed by atoms with Crippen LogP contribution < -0.4 is 10.1 Å². The third kappa shape index (κ3) is 5.15. The minimum Gasteiger partial charge on any atom is -0.486 e. The molecule has 0 aliphatic heterocycles. The molecule has 1 aliphatic rings. The maximum atomic E-state index is 12.7. The van der Waals surface area contributed by atoms with E-state index in [1.165, 1.54) is 22.2 Å². The molecule has 6 nitrogen and oxygen atoms in total. The molecule has 1 N–H and O–H groups in total. The molecular formula is C23H24F3N3O3. The van der Waals surface area contributed by atoms with E-state index in [1.807, 2.05) is 6.07 Å². The quantitative estimate of drug-likeness (QED) is 0.509. The first-order valence-corrected chi connectivity index (χ1v) is 10.5. The molecule has 0 saturated heterocycles. The summed E-state index contributed by atoms with van der Waals surface area (Å²) >= 11 is 0. The molecule has 2 heterocycles. The largest absolute Gasteiger partial charge is 0.486 e. The van der Waals surface area contributed by atoms with Crippen molar-refractivity contribution in [2.24, 2.45) is 0 Å². The van der Waals surface area contributed by atoms with Crippen molar-refractivity contribution in [2.75, 3.05) is 6.54 Å². The van der Waals surface area contributed by atoms with Crippen LogP contribution in [-0.4, -0.2) is 22.2 Å². The number of nitrogens with one attached hydrogen (secondary N) is 1. The summed E-state index contributed by atoms with van der Waals surface area (Å²) in [7, 11) is 0. The van der Waals surface area contributed by atoms with Crippen molar-refractivity contribution in [3.8, 4) is 5.75 Å². The fourth-order valence-electron chi connectivity index (χ4n) is 3.76. The van der Waals surface area contributed by atoms with E-state index in [-0.39, 0.29) is 31.4 Å². The first-order valence-electron chi connectivity index (χ1n) is 10.5. The minimum atomic E-state index is -4.47. The topological polar surface area (TPSA) is 69.3 Å². The zero-order valence-corrected chi connectivity index (χ0v) is 17.7. The second-order valence-corrected chi connectivity index (χ2v) is 7.84. The van der Waals surface area contributed by atoms with Gasteiger partial charge in [0, 0.05) is 18.8 Å². The van der Waals surface area contributed by atoms with Crippen LogP contribution in [0.25, 0.3) is 0 Å². The van der Waals surface area contributed by atoms with Crippen molar-refractivity contribution in [3.63, 3.8) is 0 Å². The van der Waals surface area contributed by atoms with E-state index in [9.17, 15) is 18.0 Å². The van der Waals surface area contributed by atoms with Gasteiger partial charge in [-0.15, -0.1) is 0 Å². The average molecular weight is 447 g/mol. The number of aromatic nitrogens is 2. The van der Waals surface area contributed by atoms with Gasteiger partial charge in [-0.25, -0.2) is 0 Å². The smallest absolute Gasteiger partial charge is 0.435 e. The van der Waals surface area contributed by atoms with E-state index in [1.54, 1.807) is 19.1 Å². The Morgan fingerprint density at radius 2 is 2.00 bits per heavy atom. The molecule has 1 aromatic carbocycles. The molecule has 2 aromatic heterocycles. The van der Waals surface area contributed by atoms with Gasteiger partial charge >= 0.3 is 6.18 Å². The molecule has 0 atom stereocenters. The number of halogens is 3. The monoisotopic (exact) mass is 447 g/mol. The summed E-state index contributed by atoms with van der Waals surface area (Å²) in [4.78, 5) is 12.3. The number of carbonyl (C=O) groups is 1. The van der Waals surface area contributed by atoms with Gasteiger partial charge in [-0.1, -0.05) is 6.07 Å². The van der Waals surface area contributed by atoms with Crippen LogP contribution in [0.2, 0.25) is 0 Å². The molecule has 4 rings (SSSR count). The Hall–Kier alpha value is -3.23. The Morgan fingerprint density at radius 3 is 2.78 bits per heavy atom. The molecule has 9 heteroatoms. The summed E-state index contributed by atoms with van der Waals surface area (Å²) < 4.78 is 50.8. The number of furan rings is 1. The highest BCUT2D eigenvalue weighted by atomic mass is 19.4. The van der Waals surface area contributed by atoms with Crippen LogP contribution in [-0.2, 0) is 32.2 Å². The van der Waals surface area contributed by atoms with E-state index in [0.717, 1.165) is 24.7 Å². The highest BCUT2D eigenvalue weighted by molar-refractivity contribution is 5.91. The molecule has 0 fully saturated rings. The summed E-state index contributed by atoms with van der Waals surface area (Å²) in [5.41, 5.74) is 2.20. The molecule has 170 valence electrons. The van der Waals surface area contributed by atoms with E-state index in [4.69, 9.17) is 9.15 Å². The summed E-state index contributed by atoms with van der Waals surface area (Å²) in [6.07, 6.45) is -0.679. The summed E-state index contributed by atoms with van der Waals surface area (Å²) in [5, 5.41) is 6.27. The fraction of sp³-hybridized carbons (Fsp3) is 0.391. The number of carbonyl (C=O) groups excluding carboxylic acids is 1. The van der Waals surface area contributed by atoms with Gasteiger partial charge in [0.1, 0.15) is 18.1 Å². The maximum absolute atomic E-state index is 12.7. The third-order valence-corrected chi connectivity index (χ3v) is 5.44. The first kappa shape index (κ1) is 22.0. The van der Waals surface area contributed by atoms with Crippen LogP contribution in [0.3, 0.4) is 0 Å². The summed E-state index contributed by atoms with van der Waals surface area (Å²) in [6.45, 7) is 2.32. The number of aryl methyl sites for hydroxylation is 4. The molecule has 0 saturated carbocycles. The molecule has 0 radical (unpaired) electrons. The van der Waals surface area contributed by atoms with Crippen LogP contribution in [0.1, 0.15) is 51.7 Å². The van der Waals surface area contributed by atoms with E-state index in [0.29, 0.717) is 17.9 Å². The number of alkyl halides is 3. The predicted octanol–water partition coefficient (Wildman–Crippen LogP) is 4.69. The van der Waals surface area contributed by atoms with Crippen molar-refractivity contribution in [3.05, 3.63) is 70.4 Å². The number of fused-ring (bicyclic) bond motifs is 1. The minimum absolute atomic E-state index is 0.159. The van der Waals surface area contributed by atoms with Crippen molar-refractivity contribution >= 4 is 5.91 Å². The Labute approximate surface area is 183 Å². The number of ether oxygens (including phenoxy) is 1. The van der Waals surface area contributed by atoms with Crippen LogP contribution in [0, 0.1) is 6.92 Å². The lowest BCUT2D eigenvalue weighted by molar-refractivity contribution is -0.141. The predicted molar refractivity (Wildman–Crippen MR) is 110 cm³/mol. The molecule has 0 unspecified atom stereocenters. The number of rotatable bonds is 8. The third-order valence-electron chi connectivity index (χ3n) is 5.44. The zero-order chi connectivity index (χ0) is 22.7. The zero-order valence-electron chi connectivity index (χ0n) is 17.7. The molecule has 1 amide bonds. The summed E-state index contributed by atoms with van der Waals surface area (Å²) in [5.74, 6) is 1.08. The lowest BCUT2D eigenvalue weighted by Crippen LogP contribution is -2.25. The average Bonchev–Trinajstić information content (AvgIpc) is 3.48. The standard InChI is InChI=1S/C23H24F3N3O3/c1-15-12-21(23(24,25)26)28-29(15)11-3-10-27-22(30)20-9-8-19(32-20)14-31-18-7-6-16-4-2-5-17(16)13-18/h6-9,12-13H,2-5,10-11,14H2,1H3,(H,27,30). The molecule has 0 spiro atoms. The summed E-state index contributed by atoms with van der Waals surface area (Å²) in [6, 6.07) is 10.4. The number of amides is 1. The lowest BCUT2D eigenvalue weighted by Gasteiger charge is -2.07. The van der Waals surface area contributed by atoms with Crippen LogP contribution in [0.15, 0.2) is 40.8 Å². The number of hydrogen-bond donors (Lipinski definition) is 1. The van der Waals surface area contributed by atoms with E-state index >= 15 is 0 Å². The second-order valence-electron chi connectivity index (χ2n) is 7.84. The number of nitrogens with zero attached hydrogens (tertiary/aromatic N) is 2. The van der Waals surface area contributed by atoms with Crippen molar-refractivity contribution in [2.45, 2.75) is 51.9 Å². The van der Waals surface area contributed by atoms with Gasteiger partial charge in [-0.2, -0.15) is 18.3 Å². The molecule has 3 aromatic rings. The second kappa shape index (κ2) is 9.10. The van der Waals surface area contributed by atoms with Crippen molar-refractivity contribution < 1.29 is 27.1 Å². The van der Waals surface area contributed by atoms with Gasteiger partial charge in [-0.3, -0.25) is 9.48 Å². The van der Waals surface area contributed by atoms with Gasteiger partial charge in [0.15, 0.2) is 11.5 Å². The van der Waals surface area contributed by atoms with E-state index in [2.05, 4.69) is 22.5 Å². The Morgan fingerprint density at radius 1 is 1.19 bits per heavy atom. The normalized spacial score (nSPS) is 13.2. The maximum Gasteiger partial charge on any atom is 0.435 e. The van der Waals surface area contributed by atoms with Gasteiger partial charge in [0.25, 0.3) is 5.91 Å². The Kier molecular flexibility index (Phi) is 6.25. The highest BCUT2D eigenvalue weighted by Crippen LogP contribution is 2.28. The number of benzene rings is 1. The molecule has 32 heavy (non-hydrogen) atoms. The highest BCUT2D eigenvalue weighted by Gasteiger charge is 2.34. The Bertz CT molecular complexity index is 1100. The fourth-order valence-corrected chi connectivity index (χ4v) is 3.76. The van der Waals surface area contributed by atoms with Crippen LogP contribution in [0.4, 0.5) is 13.2 Å². The van der Waals surface area contributed by atoms with E-state index < -0.39 is 11.9 Å². The molecule has 0 bridgehead atoms. The number of hydrogen-bond acceptors (Lipinski definition) is 4. The van der Waals surface area contributed by atoms with Gasteiger partial charge < -0.3 is 14.5 Å². The molecular weight excluding hydrogens is 423 g/mol. The van der Waals surface area contributed by atoms with Crippen molar-refractivity contribution in [1.29, 1.82) is 0 Å². The van der Waals surface area contributed by atoms with Crippen molar-refractivity contribution in [1.82, 2.24) is 15.1 Å². The SMILES string of the molecule is Cc1cc(C(F)(F)F)nn1CCCNC(=O)c1ccc(COc2ccc3c(c2)CCC3)o1. The Balaban J connectivity index is 1.22. The van der Waals surface area contributed by atoms with Crippen LogP contribution >= 0.6 is 0 Å². The van der Waals surface area contributed by atoms with Gasteiger partial charge in [0.2, 0.25) is 0 Å². The lowest BCUT2D eigenvalue weighted by atomic mass is 10.1. The first-order chi connectivity index (χ1) is 15.3.